The monoisotopic (exact) mass is 408 g/mol. The van der Waals surface area contributed by atoms with Crippen molar-refractivity contribution in [1.82, 2.24) is 20.3 Å². The lowest BCUT2D eigenvalue weighted by Crippen LogP contribution is -2.55. The molecule has 1 aliphatic heterocycles. The first-order valence-corrected chi connectivity index (χ1v) is 10.6. The number of aromatic nitrogens is 3. The summed E-state index contributed by atoms with van der Waals surface area (Å²) in [5, 5.41) is 2.82. The van der Waals surface area contributed by atoms with E-state index in [0.29, 0.717) is 18.4 Å². The Morgan fingerprint density at radius 2 is 2.03 bits per heavy atom. The van der Waals surface area contributed by atoms with Gasteiger partial charge in [-0.15, -0.1) is 0 Å². The molecule has 0 radical (unpaired) electrons. The van der Waals surface area contributed by atoms with Crippen molar-refractivity contribution in [3.8, 4) is 11.4 Å². The van der Waals surface area contributed by atoms with Gasteiger partial charge in [0.2, 0.25) is 11.8 Å². The molecule has 3 heterocycles. The van der Waals surface area contributed by atoms with Gasteiger partial charge in [0, 0.05) is 50.1 Å². The Kier molecular flexibility index (Phi) is 5.65. The Hall–Kier alpha value is -3.03. The number of carbonyl (C=O) groups excluding carboxylic acids is 2. The number of hydrogen-bond donors (Lipinski definition) is 1. The average molecular weight is 409 g/mol. The minimum atomic E-state index is -0.204. The Balaban J connectivity index is 1.79. The maximum atomic E-state index is 13.0. The Bertz CT molecular complexity index is 956. The Labute approximate surface area is 176 Å². The van der Waals surface area contributed by atoms with Gasteiger partial charge in [-0.05, 0) is 25.3 Å². The topological polar surface area (TPSA) is 91.3 Å². The molecule has 0 aromatic carbocycles. The number of hydrogen-bond acceptors (Lipinski definition) is 6. The van der Waals surface area contributed by atoms with Gasteiger partial charge in [0.25, 0.3) is 0 Å². The number of nitrogens with zero attached hydrogens (tertiary/aromatic N) is 5. The van der Waals surface area contributed by atoms with Crippen LogP contribution in [0.5, 0.6) is 0 Å². The first kappa shape index (κ1) is 20.3. The normalized spacial score (nSPS) is 19.2. The van der Waals surface area contributed by atoms with E-state index in [9.17, 15) is 9.59 Å². The van der Waals surface area contributed by atoms with Gasteiger partial charge in [0.15, 0.2) is 11.6 Å². The molecule has 0 unspecified atom stereocenters. The van der Waals surface area contributed by atoms with E-state index in [-0.39, 0.29) is 17.9 Å². The second-order valence-corrected chi connectivity index (χ2v) is 8.01. The summed E-state index contributed by atoms with van der Waals surface area (Å²) in [6, 6.07) is 1.99. The summed E-state index contributed by atoms with van der Waals surface area (Å²) in [7, 11) is 1.80. The molecule has 1 aliphatic carbocycles. The summed E-state index contributed by atoms with van der Waals surface area (Å²) >= 11 is 0. The van der Waals surface area contributed by atoms with Gasteiger partial charge in [-0.3, -0.25) is 14.6 Å². The van der Waals surface area contributed by atoms with Crippen LogP contribution in [0.3, 0.4) is 0 Å². The fraction of sp³-hybridized carbons (Fsp3) is 0.500. The number of nitrogens with one attached hydrogen (secondary N) is 1. The van der Waals surface area contributed by atoms with Crippen LogP contribution >= 0.6 is 0 Å². The standard InChI is InChI=1S/C22H28N6O2/c1-4-18-22(30)27(3)19-13-25-20(26-21(19)28(18)16-7-5-6-8-16)17-9-10-23-11-15(17)12-24-14(2)29/h9-11,13,16,18H,4-8,12H2,1-3H3,(H,24,29)/t18-/m1/s1. The fourth-order valence-corrected chi connectivity index (χ4v) is 4.52. The van der Waals surface area contributed by atoms with Crippen LogP contribution in [0, 0.1) is 0 Å². The van der Waals surface area contributed by atoms with E-state index in [2.05, 4.69) is 27.1 Å². The largest absolute Gasteiger partial charge is 0.352 e. The molecule has 2 aromatic rings. The van der Waals surface area contributed by atoms with Crippen molar-refractivity contribution in [3.05, 3.63) is 30.2 Å². The molecule has 1 saturated carbocycles. The highest BCUT2D eigenvalue weighted by Gasteiger charge is 2.41. The highest BCUT2D eigenvalue weighted by molar-refractivity contribution is 6.04. The SMILES string of the molecule is CC[C@@H]1C(=O)N(C)c2cnc(-c3ccncc3CNC(C)=O)nc2N1C1CCCC1. The van der Waals surface area contributed by atoms with Gasteiger partial charge < -0.3 is 15.1 Å². The summed E-state index contributed by atoms with van der Waals surface area (Å²) in [6.07, 6.45) is 10.4. The molecule has 8 nitrogen and oxygen atoms in total. The molecule has 2 aromatic heterocycles. The van der Waals surface area contributed by atoms with Crippen LogP contribution in [0.25, 0.3) is 11.4 Å². The van der Waals surface area contributed by atoms with E-state index >= 15 is 0 Å². The van der Waals surface area contributed by atoms with Crippen molar-refractivity contribution >= 4 is 23.3 Å². The number of likely N-dealkylation sites (N-methyl/N-ethyl adjacent to an activating group) is 1. The lowest BCUT2D eigenvalue weighted by molar-refractivity contribution is -0.120. The first-order chi connectivity index (χ1) is 14.5. The van der Waals surface area contributed by atoms with Crippen molar-refractivity contribution < 1.29 is 9.59 Å². The van der Waals surface area contributed by atoms with Crippen molar-refractivity contribution in [2.75, 3.05) is 16.8 Å². The molecule has 2 amide bonds. The smallest absolute Gasteiger partial charge is 0.249 e. The lowest BCUT2D eigenvalue weighted by atomic mass is 10.0. The zero-order valence-corrected chi connectivity index (χ0v) is 17.8. The Morgan fingerprint density at radius 1 is 1.27 bits per heavy atom. The average Bonchev–Trinajstić information content (AvgIpc) is 3.28. The third-order valence-electron chi connectivity index (χ3n) is 6.08. The number of fused-ring (bicyclic) bond motifs is 1. The van der Waals surface area contributed by atoms with E-state index in [1.807, 2.05) is 6.07 Å². The van der Waals surface area contributed by atoms with Crippen LogP contribution in [-0.2, 0) is 16.1 Å². The van der Waals surface area contributed by atoms with E-state index in [4.69, 9.17) is 4.98 Å². The maximum Gasteiger partial charge on any atom is 0.249 e. The molecule has 0 saturated heterocycles. The predicted molar refractivity (Wildman–Crippen MR) is 115 cm³/mol. The van der Waals surface area contributed by atoms with Gasteiger partial charge in [0.05, 0.1) is 6.20 Å². The van der Waals surface area contributed by atoms with Gasteiger partial charge in [-0.25, -0.2) is 9.97 Å². The number of rotatable bonds is 5. The number of amides is 2. The number of carbonyl (C=O) groups is 2. The second kappa shape index (κ2) is 8.38. The molecule has 0 spiro atoms. The summed E-state index contributed by atoms with van der Waals surface area (Å²) in [6.45, 7) is 3.91. The van der Waals surface area contributed by atoms with Gasteiger partial charge in [-0.2, -0.15) is 0 Å². The molecular weight excluding hydrogens is 380 g/mol. The summed E-state index contributed by atoms with van der Waals surface area (Å²) in [5.74, 6) is 1.40. The van der Waals surface area contributed by atoms with Crippen LogP contribution in [0.2, 0.25) is 0 Å². The predicted octanol–water partition coefficient (Wildman–Crippen LogP) is 2.68. The minimum Gasteiger partial charge on any atom is -0.352 e. The van der Waals surface area contributed by atoms with Gasteiger partial charge >= 0.3 is 0 Å². The van der Waals surface area contributed by atoms with E-state index < -0.39 is 0 Å². The molecular formula is C22H28N6O2. The molecule has 1 N–H and O–H groups in total. The third-order valence-corrected chi connectivity index (χ3v) is 6.08. The molecule has 4 rings (SSSR count). The first-order valence-electron chi connectivity index (χ1n) is 10.6. The maximum absolute atomic E-state index is 13.0. The molecule has 2 aliphatic rings. The van der Waals surface area contributed by atoms with Crippen LogP contribution in [0.4, 0.5) is 11.5 Å². The van der Waals surface area contributed by atoms with Gasteiger partial charge in [0.1, 0.15) is 11.7 Å². The summed E-state index contributed by atoms with van der Waals surface area (Å²) in [4.78, 5) is 42.1. The molecule has 1 atom stereocenters. The minimum absolute atomic E-state index is 0.100. The van der Waals surface area contributed by atoms with Crippen molar-refractivity contribution in [3.63, 3.8) is 0 Å². The zero-order chi connectivity index (χ0) is 21.3. The molecule has 30 heavy (non-hydrogen) atoms. The van der Waals surface area contributed by atoms with Crippen LogP contribution < -0.4 is 15.1 Å². The van der Waals surface area contributed by atoms with Gasteiger partial charge in [-0.1, -0.05) is 19.8 Å². The highest BCUT2D eigenvalue weighted by atomic mass is 16.2. The van der Waals surface area contributed by atoms with Crippen molar-refractivity contribution in [2.24, 2.45) is 0 Å². The molecule has 158 valence electrons. The second-order valence-electron chi connectivity index (χ2n) is 8.01. The van der Waals surface area contributed by atoms with E-state index in [0.717, 1.165) is 41.9 Å². The van der Waals surface area contributed by atoms with E-state index in [1.165, 1.54) is 19.8 Å². The van der Waals surface area contributed by atoms with Crippen LogP contribution in [-0.4, -0.2) is 45.9 Å². The summed E-state index contributed by atoms with van der Waals surface area (Å²) < 4.78 is 0. The number of pyridine rings is 1. The summed E-state index contributed by atoms with van der Waals surface area (Å²) in [5.41, 5.74) is 2.44. The molecule has 8 heteroatoms. The Morgan fingerprint density at radius 3 is 2.73 bits per heavy atom. The molecule has 0 bridgehead atoms. The van der Waals surface area contributed by atoms with Crippen LogP contribution in [0.1, 0.15) is 51.5 Å². The van der Waals surface area contributed by atoms with E-state index in [1.54, 1.807) is 30.5 Å². The highest BCUT2D eigenvalue weighted by Crippen LogP contribution is 2.40. The molecule has 1 fully saturated rings. The quantitative estimate of drug-likeness (QED) is 0.818. The lowest BCUT2D eigenvalue weighted by Gasteiger charge is -2.43. The zero-order valence-electron chi connectivity index (χ0n) is 17.8. The number of anilines is 2. The third kappa shape index (κ3) is 3.62. The fourth-order valence-electron chi connectivity index (χ4n) is 4.52. The van der Waals surface area contributed by atoms with Crippen LogP contribution in [0.15, 0.2) is 24.7 Å². The van der Waals surface area contributed by atoms with Crippen molar-refractivity contribution in [2.45, 2.75) is 64.6 Å². The van der Waals surface area contributed by atoms with Crippen molar-refractivity contribution in [1.29, 1.82) is 0 Å².